The van der Waals surface area contributed by atoms with Gasteiger partial charge in [0.25, 0.3) is 5.91 Å². The number of rotatable bonds is 2. The van der Waals surface area contributed by atoms with Crippen LogP contribution in [-0.2, 0) is 0 Å². The summed E-state index contributed by atoms with van der Waals surface area (Å²) in [4.78, 5) is 14.2. The molecule has 2 saturated heterocycles. The summed E-state index contributed by atoms with van der Waals surface area (Å²) in [5.74, 6) is 2.03. The molecule has 98 valence electrons. The van der Waals surface area contributed by atoms with Gasteiger partial charge in [-0.05, 0) is 6.92 Å². The third-order valence-electron chi connectivity index (χ3n) is 3.49. The Bertz CT molecular complexity index is 444. The van der Waals surface area contributed by atoms with Crippen molar-refractivity contribution in [2.45, 2.75) is 19.0 Å². The Kier molecular flexibility index (Phi) is 3.25. The summed E-state index contributed by atoms with van der Waals surface area (Å²) in [6.45, 7) is 4.72. The van der Waals surface area contributed by atoms with E-state index in [0.717, 1.165) is 31.1 Å². The number of carbonyl (C=O) groups excluding carboxylic acids is 1. The van der Waals surface area contributed by atoms with Crippen molar-refractivity contribution in [3.63, 3.8) is 0 Å². The second kappa shape index (κ2) is 4.89. The first-order chi connectivity index (χ1) is 8.75. The lowest BCUT2D eigenvalue weighted by Gasteiger charge is -2.32. The van der Waals surface area contributed by atoms with Crippen molar-refractivity contribution in [1.29, 1.82) is 0 Å². The lowest BCUT2D eigenvalue weighted by atomic mass is 10.2. The SMILES string of the molecule is CC1CSCCN1C(=O)c1cn(C2CNC2)nn1. The highest BCUT2D eigenvalue weighted by Gasteiger charge is 2.28. The first-order valence-electron chi connectivity index (χ1n) is 6.27. The number of carbonyl (C=O) groups is 1. The summed E-state index contributed by atoms with van der Waals surface area (Å²) in [6.07, 6.45) is 1.78. The minimum atomic E-state index is 0.0151. The van der Waals surface area contributed by atoms with Gasteiger partial charge in [-0.2, -0.15) is 11.8 Å². The fraction of sp³-hybridized carbons (Fsp3) is 0.727. The number of aromatic nitrogens is 3. The predicted molar refractivity (Wildman–Crippen MR) is 69.8 cm³/mol. The molecule has 2 aliphatic rings. The maximum absolute atomic E-state index is 12.3. The second-order valence-corrected chi connectivity index (χ2v) is 5.97. The van der Waals surface area contributed by atoms with E-state index in [4.69, 9.17) is 0 Å². The van der Waals surface area contributed by atoms with E-state index in [0.29, 0.717) is 11.7 Å². The predicted octanol–water partition coefficient (Wildman–Crippen LogP) is -0.000100. The van der Waals surface area contributed by atoms with Crippen LogP contribution in [0.5, 0.6) is 0 Å². The Morgan fingerprint density at radius 1 is 1.56 bits per heavy atom. The average molecular weight is 267 g/mol. The molecule has 1 amide bonds. The molecule has 0 aliphatic carbocycles. The minimum Gasteiger partial charge on any atom is -0.333 e. The molecule has 3 rings (SSSR count). The topological polar surface area (TPSA) is 63.1 Å². The van der Waals surface area contributed by atoms with E-state index in [2.05, 4.69) is 22.6 Å². The summed E-state index contributed by atoms with van der Waals surface area (Å²) in [6, 6.07) is 0.639. The van der Waals surface area contributed by atoms with Gasteiger partial charge in [0.15, 0.2) is 5.69 Å². The highest BCUT2D eigenvalue weighted by Crippen LogP contribution is 2.18. The van der Waals surface area contributed by atoms with E-state index in [1.807, 2.05) is 16.7 Å². The Balaban J connectivity index is 1.72. The summed E-state index contributed by atoms with van der Waals surface area (Å²) < 4.78 is 1.80. The van der Waals surface area contributed by atoms with Crippen LogP contribution in [0.2, 0.25) is 0 Å². The maximum atomic E-state index is 12.3. The standard InChI is InChI=1S/C11H17N5OS/c1-8-7-18-3-2-15(8)11(17)10-6-16(14-13-10)9-4-12-5-9/h6,8-9,12H,2-5,7H2,1H3. The third-order valence-corrected chi connectivity index (χ3v) is 4.68. The molecule has 6 nitrogen and oxygen atoms in total. The van der Waals surface area contributed by atoms with Crippen LogP contribution in [-0.4, -0.2) is 63.0 Å². The van der Waals surface area contributed by atoms with Gasteiger partial charge in [-0.25, -0.2) is 4.68 Å². The number of nitrogens with zero attached hydrogens (tertiary/aromatic N) is 4. The zero-order valence-electron chi connectivity index (χ0n) is 10.4. The molecule has 1 unspecified atom stereocenters. The van der Waals surface area contributed by atoms with Crippen LogP contribution in [0, 0.1) is 0 Å². The van der Waals surface area contributed by atoms with Gasteiger partial charge in [-0.15, -0.1) is 5.10 Å². The van der Waals surface area contributed by atoms with Crippen molar-refractivity contribution in [1.82, 2.24) is 25.2 Å². The first-order valence-corrected chi connectivity index (χ1v) is 7.42. The minimum absolute atomic E-state index is 0.0151. The Labute approximate surface area is 110 Å². The molecule has 0 spiro atoms. The van der Waals surface area contributed by atoms with Crippen LogP contribution >= 0.6 is 11.8 Å². The van der Waals surface area contributed by atoms with E-state index >= 15 is 0 Å². The highest BCUT2D eigenvalue weighted by molar-refractivity contribution is 7.99. The van der Waals surface area contributed by atoms with E-state index in [-0.39, 0.29) is 11.9 Å². The van der Waals surface area contributed by atoms with Crippen LogP contribution in [0.1, 0.15) is 23.5 Å². The van der Waals surface area contributed by atoms with Gasteiger partial charge in [-0.3, -0.25) is 4.79 Å². The molecule has 18 heavy (non-hydrogen) atoms. The van der Waals surface area contributed by atoms with Crippen LogP contribution in [0.25, 0.3) is 0 Å². The van der Waals surface area contributed by atoms with Crippen molar-refractivity contribution in [3.05, 3.63) is 11.9 Å². The van der Waals surface area contributed by atoms with Crippen LogP contribution in [0.15, 0.2) is 6.20 Å². The Morgan fingerprint density at radius 3 is 3.06 bits per heavy atom. The molecule has 0 radical (unpaired) electrons. The molecular weight excluding hydrogens is 250 g/mol. The van der Waals surface area contributed by atoms with E-state index < -0.39 is 0 Å². The van der Waals surface area contributed by atoms with E-state index in [1.165, 1.54) is 0 Å². The van der Waals surface area contributed by atoms with E-state index in [9.17, 15) is 4.79 Å². The fourth-order valence-corrected chi connectivity index (χ4v) is 3.20. The Hall–Kier alpha value is -1.08. The molecule has 7 heteroatoms. The van der Waals surface area contributed by atoms with Crippen molar-refractivity contribution >= 4 is 17.7 Å². The lowest BCUT2D eigenvalue weighted by molar-refractivity contribution is 0.0710. The highest BCUT2D eigenvalue weighted by atomic mass is 32.2. The zero-order valence-corrected chi connectivity index (χ0v) is 11.2. The monoisotopic (exact) mass is 267 g/mol. The van der Waals surface area contributed by atoms with Crippen LogP contribution in [0.4, 0.5) is 0 Å². The van der Waals surface area contributed by atoms with Gasteiger partial charge >= 0.3 is 0 Å². The van der Waals surface area contributed by atoms with E-state index in [1.54, 1.807) is 10.9 Å². The van der Waals surface area contributed by atoms with Crippen molar-refractivity contribution in [2.75, 3.05) is 31.1 Å². The zero-order chi connectivity index (χ0) is 12.5. The van der Waals surface area contributed by atoms with Crippen LogP contribution in [0.3, 0.4) is 0 Å². The second-order valence-electron chi connectivity index (χ2n) is 4.82. The molecule has 1 aromatic rings. The average Bonchev–Trinajstić information content (AvgIpc) is 2.76. The number of nitrogens with one attached hydrogen (secondary N) is 1. The molecule has 0 aromatic carbocycles. The molecule has 1 aromatic heterocycles. The smallest absolute Gasteiger partial charge is 0.276 e. The summed E-state index contributed by atoms with van der Waals surface area (Å²) in [5.41, 5.74) is 0.473. The molecule has 0 saturated carbocycles. The van der Waals surface area contributed by atoms with Crippen molar-refractivity contribution in [3.8, 4) is 0 Å². The fourth-order valence-electron chi connectivity index (χ4n) is 2.19. The molecule has 1 N–H and O–H groups in total. The normalized spacial score (nSPS) is 24.9. The third kappa shape index (κ3) is 2.12. The molecule has 2 aliphatic heterocycles. The molecular formula is C11H17N5OS. The Morgan fingerprint density at radius 2 is 2.39 bits per heavy atom. The summed E-state index contributed by atoms with van der Waals surface area (Å²) >= 11 is 1.90. The van der Waals surface area contributed by atoms with Crippen LogP contribution < -0.4 is 5.32 Å². The summed E-state index contributed by atoms with van der Waals surface area (Å²) in [7, 11) is 0. The molecule has 2 fully saturated rings. The summed E-state index contributed by atoms with van der Waals surface area (Å²) in [5, 5.41) is 11.3. The largest absolute Gasteiger partial charge is 0.333 e. The van der Waals surface area contributed by atoms with Crippen molar-refractivity contribution < 1.29 is 4.79 Å². The van der Waals surface area contributed by atoms with Gasteiger partial charge in [0.1, 0.15) is 0 Å². The molecule has 3 heterocycles. The maximum Gasteiger partial charge on any atom is 0.276 e. The number of thioether (sulfide) groups is 1. The van der Waals surface area contributed by atoms with Gasteiger partial charge in [-0.1, -0.05) is 5.21 Å². The van der Waals surface area contributed by atoms with Gasteiger partial charge in [0, 0.05) is 37.2 Å². The number of amides is 1. The quantitative estimate of drug-likeness (QED) is 0.817. The number of hydrogen-bond acceptors (Lipinski definition) is 5. The van der Waals surface area contributed by atoms with Gasteiger partial charge in [0.05, 0.1) is 12.2 Å². The van der Waals surface area contributed by atoms with Gasteiger partial charge in [0.2, 0.25) is 0 Å². The number of hydrogen-bond donors (Lipinski definition) is 1. The molecule has 1 atom stereocenters. The lowest BCUT2D eigenvalue weighted by Crippen LogP contribution is -2.44. The van der Waals surface area contributed by atoms with Crippen molar-refractivity contribution in [2.24, 2.45) is 0 Å². The molecule has 0 bridgehead atoms. The van der Waals surface area contributed by atoms with Gasteiger partial charge < -0.3 is 10.2 Å². The first kappa shape index (κ1) is 12.0.